The zero-order chi connectivity index (χ0) is 24.3. The highest BCUT2D eigenvalue weighted by molar-refractivity contribution is 5.89. The first-order valence-electron chi connectivity index (χ1n) is 10.7. The Balaban J connectivity index is 1.68. The van der Waals surface area contributed by atoms with Gasteiger partial charge in [-0.1, -0.05) is 72.8 Å². The van der Waals surface area contributed by atoms with Crippen LogP contribution < -0.4 is 10.6 Å². The normalized spacial score (nSPS) is 12.3. The Bertz CT molecular complexity index is 1090. The molecule has 0 aliphatic rings. The summed E-state index contributed by atoms with van der Waals surface area (Å²) in [5, 5.41) is 14.6. The number of carbonyl (C=O) groups excluding carboxylic acids is 2. The van der Waals surface area contributed by atoms with Crippen LogP contribution in [-0.2, 0) is 33.8 Å². The smallest absolute Gasteiger partial charge is 0.408 e. The SMILES string of the molecule is O=C(N[C@H](Cc1ccccc1)C(=O)N[C@H](Cc1ccc(F)cc1)C(=O)O)OCc1ccccc1. The Hall–Kier alpha value is -4.20. The zero-order valence-electron chi connectivity index (χ0n) is 18.3. The van der Waals surface area contributed by atoms with E-state index in [0.29, 0.717) is 5.56 Å². The topological polar surface area (TPSA) is 105 Å². The van der Waals surface area contributed by atoms with E-state index >= 15 is 0 Å². The van der Waals surface area contributed by atoms with E-state index in [1.54, 1.807) is 36.4 Å². The van der Waals surface area contributed by atoms with Crippen LogP contribution in [0.25, 0.3) is 0 Å². The Morgan fingerprint density at radius 2 is 1.26 bits per heavy atom. The number of aliphatic carboxylic acids is 1. The predicted octanol–water partition coefficient (Wildman–Crippen LogP) is 3.48. The molecular weight excluding hydrogens is 439 g/mol. The number of benzene rings is 3. The van der Waals surface area contributed by atoms with E-state index in [9.17, 15) is 23.9 Å². The molecule has 3 aromatic rings. The van der Waals surface area contributed by atoms with Crippen molar-refractivity contribution in [1.29, 1.82) is 0 Å². The molecule has 0 saturated heterocycles. The van der Waals surface area contributed by atoms with Gasteiger partial charge in [0.05, 0.1) is 0 Å². The van der Waals surface area contributed by atoms with Crippen LogP contribution in [0.4, 0.5) is 9.18 Å². The minimum absolute atomic E-state index is 0.0225. The minimum Gasteiger partial charge on any atom is -0.480 e. The quantitative estimate of drug-likeness (QED) is 0.426. The molecular formula is C26H25FN2O5. The van der Waals surface area contributed by atoms with Crippen molar-refractivity contribution >= 4 is 18.0 Å². The summed E-state index contributed by atoms with van der Waals surface area (Å²) in [6.07, 6.45) is -0.709. The van der Waals surface area contributed by atoms with Crippen LogP contribution in [0.3, 0.4) is 0 Å². The van der Waals surface area contributed by atoms with Crippen molar-refractivity contribution in [3.63, 3.8) is 0 Å². The molecule has 2 atom stereocenters. The molecule has 0 fully saturated rings. The number of alkyl carbamates (subject to hydrolysis) is 1. The summed E-state index contributed by atoms with van der Waals surface area (Å²) < 4.78 is 18.4. The Labute approximate surface area is 196 Å². The Morgan fingerprint density at radius 1 is 0.735 bits per heavy atom. The van der Waals surface area contributed by atoms with Crippen LogP contribution >= 0.6 is 0 Å². The number of carboxylic acid groups (broad SMARTS) is 1. The minimum atomic E-state index is -1.27. The molecule has 3 rings (SSSR count). The molecule has 8 heteroatoms. The van der Waals surface area contributed by atoms with Gasteiger partial charge in [-0.15, -0.1) is 0 Å². The third kappa shape index (κ3) is 7.74. The Kier molecular flexibility index (Phi) is 8.73. The van der Waals surface area contributed by atoms with Crippen molar-refractivity contribution in [2.45, 2.75) is 31.5 Å². The van der Waals surface area contributed by atoms with Crippen molar-refractivity contribution in [2.75, 3.05) is 0 Å². The van der Waals surface area contributed by atoms with Crippen molar-refractivity contribution in [1.82, 2.24) is 10.6 Å². The van der Waals surface area contributed by atoms with E-state index in [2.05, 4.69) is 10.6 Å². The molecule has 3 aromatic carbocycles. The van der Waals surface area contributed by atoms with Crippen LogP contribution in [0.5, 0.6) is 0 Å². The van der Waals surface area contributed by atoms with Crippen molar-refractivity contribution in [2.24, 2.45) is 0 Å². The molecule has 0 spiro atoms. The lowest BCUT2D eigenvalue weighted by Crippen LogP contribution is -2.53. The van der Waals surface area contributed by atoms with Gasteiger partial charge >= 0.3 is 12.1 Å². The zero-order valence-corrected chi connectivity index (χ0v) is 18.3. The highest BCUT2D eigenvalue weighted by atomic mass is 19.1. The number of carbonyl (C=O) groups is 3. The van der Waals surface area contributed by atoms with Crippen LogP contribution in [0, 0.1) is 5.82 Å². The van der Waals surface area contributed by atoms with Crippen LogP contribution in [0.15, 0.2) is 84.9 Å². The highest BCUT2D eigenvalue weighted by Crippen LogP contribution is 2.09. The summed E-state index contributed by atoms with van der Waals surface area (Å²) in [6.45, 7) is 0.0225. The summed E-state index contributed by atoms with van der Waals surface area (Å²) in [5.41, 5.74) is 2.10. The molecule has 7 nitrogen and oxygen atoms in total. The molecule has 0 aromatic heterocycles. The molecule has 0 saturated carbocycles. The van der Waals surface area contributed by atoms with Gasteiger partial charge < -0.3 is 20.5 Å². The van der Waals surface area contributed by atoms with Gasteiger partial charge in [0.1, 0.15) is 24.5 Å². The van der Waals surface area contributed by atoms with Crippen LogP contribution in [0.2, 0.25) is 0 Å². The van der Waals surface area contributed by atoms with Gasteiger partial charge in [-0.3, -0.25) is 4.79 Å². The maximum Gasteiger partial charge on any atom is 0.408 e. The monoisotopic (exact) mass is 464 g/mol. The number of ether oxygens (including phenoxy) is 1. The molecule has 34 heavy (non-hydrogen) atoms. The average molecular weight is 464 g/mol. The number of halogens is 1. The van der Waals surface area contributed by atoms with Gasteiger partial charge in [-0.05, 0) is 28.8 Å². The summed E-state index contributed by atoms with van der Waals surface area (Å²) in [7, 11) is 0. The van der Waals surface area contributed by atoms with Gasteiger partial charge in [0.2, 0.25) is 5.91 Å². The third-order valence-corrected chi connectivity index (χ3v) is 5.07. The van der Waals surface area contributed by atoms with Crippen molar-refractivity contribution in [3.8, 4) is 0 Å². The molecule has 0 bridgehead atoms. The fraction of sp³-hybridized carbons (Fsp3) is 0.192. The number of rotatable bonds is 10. The number of nitrogens with one attached hydrogen (secondary N) is 2. The number of hydrogen-bond donors (Lipinski definition) is 3. The summed E-state index contributed by atoms with van der Waals surface area (Å²) >= 11 is 0. The number of amides is 2. The van der Waals surface area contributed by atoms with Gasteiger partial charge in [0, 0.05) is 12.8 Å². The predicted molar refractivity (Wildman–Crippen MR) is 123 cm³/mol. The van der Waals surface area contributed by atoms with Gasteiger partial charge in [-0.2, -0.15) is 0 Å². The largest absolute Gasteiger partial charge is 0.480 e. The van der Waals surface area contributed by atoms with Crippen molar-refractivity contribution < 1.29 is 28.6 Å². The second-order valence-electron chi connectivity index (χ2n) is 7.68. The number of hydrogen-bond acceptors (Lipinski definition) is 4. The van der Waals surface area contributed by atoms with E-state index in [0.717, 1.165) is 11.1 Å². The molecule has 2 amide bonds. The molecule has 0 radical (unpaired) electrons. The highest BCUT2D eigenvalue weighted by Gasteiger charge is 2.27. The van der Waals surface area contributed by atoms with Crippen LogP contribution in [0.1, 0.15) is 16.7 Å². The second-order valence-corrected chi connectivity index (χ2v) is 7.68. The summed E-state index contributed by atoms with van der Waals surface area (Å²) in [4.78, 5) is 37.2. The lowest BCUT2D eigenvalue weighted by Gasteiger charge is -2.21. The molecule has 176 valence electrons. The molecule has 0 heterocycles. The second kappa shape index (κ2) is 12.2. The lowest BCUT2D eigenvalue weighted by atomic mass is 10.0. The van der Waals surface area contributed by atoms with Gasteiger partial charge in [0.25, 0.3) is 0 Å². The fourth-order valence-electron chi connectivity index (χ4n) is 3.29. The summed E-state index contributed by atoms with van der Waals surface area (Å²) in [6, 6.07) is 21.1. The van der Waals surface area contributed by atoms with E-state index in [1.165, 1.54) is 24.3 Å². The van der Waals surface area contributed by atoms with Gasteiger partial charge in [0.15, 0.2) is 0 Å². The van der Waals surface area contributed by atoms with Crippen LogP contribution in [-0.4, -0.2) is 35.2 Å². The molecule has 0 unspecified atom stereocenters. The first-order valence-corrected chi connectivity index (χ1v) is 10.7. The summed E-state index contributed by atoms with van der Waals surface area (Å²) in [5.74, 6) is -2.36. The number of carboxylic acids is 1. The third-order valence-electron chi connectivity index (χ3n) is 5.07. The van der Waals surface area contributed by atoms with Gasteiger partial charge in [-0.25, -0.2) is 14.0 Å². The van der Waals surface area contributed by atoms with E-state index in [-0.39, 0.29) is 19.4 Å². The Morgan fingerprint density at radius 3 is 1.85 bits per heavy atom. The van der Waals surface area contributed by atoms with Crippen molar-refractivity contribution in [3.05, 3.63) is 107 Å². The first-order chi connectivity index (χ1) is 16.4. The average Bonchev–Trinajstić information content (AvgIpc) is 2.84. The van der Waals surface area contributed by atoms with E-state index in [1.807, 2.05) is 24.3 Å². The van der Waals surface area contributed by atoms with E-state index < -0.39 is 35.9 Å². The first kappa shape index (κ1) is 24.4. The molecule has 0 aliphatic carbocycles. The standard InChI is InChI=1S/C26H25FN2O5/c27-21-13-11-19(12-14-21)16-23(25(31)32)28-24(30)22(15-18-7-3-1-4-8-18)29-26(33)34-17-20-9-5-2-6-10-20/h1-14,22-23H,15-17H2,(H,28,30)(H,29,33)(H,31,32)/t22-,23-/m1/s1. The maximum atomic E-state index is 13.2. The molecule has 0 aliphatic heterocycles. The molecule has 3 N–H and O–H groups in total. The maximum absolute atomic E-state index is 13.2. The lowest BCUT2D eigenvalue weighted by molar-refractivity contribution is -0.142. The fourth-order valence-corrected chi connectivity index (χ4v) is 3.29. The van der Waals surface area contributed by atoms with E-state index in [4.69, 9.17) is 4.74 Å².